The van der Waals surface area contributed by atoms with Gasteiger partial charge in [-0.15, -0.1) is 0 Å². The van der Waals surface area contributed by atoms with E-state index in [2.05, 4.69) is 12.2 Å². The number of rotatable bonds is 7. The standard InChI is InChI=1S/C14H20N2O2/c1-2-3-9-15-12(11-4-5-11)8-10-16-13(17)6-7-14(16)18/h6-7,15H,2-5,8-10H2,1H3. The van der Waals surface area contributed by atoms with Gasteiger partial charge < -0.3 is 5.32 Å². The van der Waals surface area contributed by atoms with Crippen LogP contribution in [0.3, 0.4) is 0 Å². The molecule has 0 radical (unpaired) electrons. The fraction of sp³-hybridized carbons (Fsp3) is 0.571. The highest BCUT2D eigenvalue weighted by molar-refractivity contribution is 6.12. The van der Waals surface area contributed by atoms with Crippen LogP contribution in [0.4, 0.5) is 0 Å². The first kappa shape index (κ1) is 12.9. The average Bonchev–Trinajstić information content (AvgIpc) is 3.14. The minimum Gasteiger partial charge on any atom is -0.388 e. The molecule has 18 heavy (non-hydrogen) atoms. The number of allylic oxidation sites excluding steroid dienone is 1. The molecule has 0 aromatic heterocycles. The molecule has 0 unspecified atom stereocenters. The Morgan fingerprint density at radius 1 is 1.28 bits per heavy atom. The molecule has 0 aromatic carbocycles. The molecule has 98 valence electrons. The Kier molecular flexibility index (Phi) is 4.18. The summed E-state index contributed by atoms with van der Waals surface area (Å²) >= 11 is 0. The van der Waals surface area contributed by atoms with Gasteiger partial charge in [-0.25, -0.2) is 0 Å². The van der Waals surface area contributed by atoms with Crippen LogP contribution < -0.4 is 5.32 Å². The summed E-state index contributed by atoms with van der Waals surface area (Å²) in [5.74, 6) is -0.373. The first-order chi connectivity index (χ1) is 8.72. The van der Waals surface area contributed by atoms with Crippen molar-refractivity contribution in [3.8, 4) is 0 Å². The minimum atomic E-state index is -0.186. The molecule has 0 atom stereocenters. The van der Waals surface area contributed by atoms with E-state index in [1.807, 2.05) is 0 Å². The summed E-state index contributed by atoms with van der Waals surface area (Å²) in [7, 11) is 0. The van der Waals surface area contributed by atoms with Gasteiger partial charge in [0, 0.05) is 37.4 Å². The molecule has 1 aliphatic carbocycles. The summed E-state index contributed by atoms with van der Waals surface area (Å²) in [5.41, 5.74) is 2.70. The molecule has 0 spiro atoms. The van der Waals surface area contributed by atoms with Crippen molar-refractivity contribution in [1.29, 1.82) is 0 Å². The molecule has 0 bridgehead atoms. The third kappa shape index (κ3) is 3.22. The van der Waals surface area contributed by atoms with Gasteiger partial charge in [-0.3, -0.25) is 14.5 Å². The monoisotopic (exact) mass is 248 g/mol. The molecule has 0 aromatic rings. The fourth-order valence-electron chi connectivity index (χ4n) is 2.05. The highest BCUT2D eigenvalue weighted by Crippen LogP contribution is 2.31. The molecule has 0 saturated heterocycles. The maximum Gasteiger partial charge on any atom is 0.253 e. The Morgan fingerprint density at radius 2 is 1.94 bits per heavy atom. The van der Waals surface area contributed by atoms with Crippen LogP contribution in [0.15, 0.2) is 23.4 Å². The number of hydrogen-bond donors (Lipinski definition) is 1. The predicted molar refractivity (Wildman–Crippen MR) is 69.6 cm³/mol. The minimum absolute atomic E-state index is 0.186. The predicted octanol–water partition coefficient (Wildman–Crippen LogP) is 1.74. The van der Waals surface area contributed by atoms with Crippen LogP contribution in [0.25, 0.3) is 0 Å². The van der Waals surface area contributed by atoms with Gasteiger partial charge in [0.15, 0.2) is 0 Å². The summed E-state index contributed by atoms with van der Waals surface area (Å²) < 4.78 is 0. The van der Waals surface area contributed by atoms with E-state index in [9.17, 15) is 9.59 Å². The van der Waals surface area contributed by atoms with Gasteiger partial charge >= 0.3 is 0 Å². The highest BCUT2D eigenvalue weighted by atomic mass is 16.2. The summed E-state index contributed by atoms with van der Waals surface area (Å²) in [6.45, 7) is 3.64. The molecular weight excluding hydrogens is 228 g/mol. The van der Waals surface area contributed by atoms with Gasteiger partial charge in [0.25, 0.3) is 11.8 Å². The topological polar surface area (TPSA) is 49.4 Å². The molecule has 1 saturated carbocycles. The largest absolute Gasteiger partial charge is 0.388 e. The van der Waals surface area contributed by atoms with Crippen molar-refractivity contribution in [2.24, 2.45) is 0 Å². The zero-order chi connectivity index (χ0) is 13.0. The van der Waals surface area contributed by atoms with Crippen LogP contribution >= 0.6 is 0 Å². The van der Waals surface area contributed by atoms with Crippen molar-refractivity contribution in [3.05, 3.63) is 23.4 Å². The van der Waals surface area contributed by atoms with Crippen molar-refractivity contribution < 1.29 is 9.59 Å². The maximum absolute atomic E-state index is 11.4. The summed E-state index contributed by atoms with van der Waals surface area (Å²) in [6.07, 6.45) is 8.09. The molecular formula is C14H20N2O2. The summed E-state index contributed by atoms with van der Waals surface area (Å²) in [4.78, 5) is 24.2. The lowest BCUT2D eigenvalue weighted by atomic mass is 10.2. The zero-order valence-electron chi connectivity index (χ0n) is 10.9. The molecule has 1 heterocycles. The molecule has 1 N–H and O–H groups in total. The Labute approximate surface area is 108 Å². The number of nitrogens with zero attached hydrogens (tertiary/aromatic N) is 1. The highest BCUT2D eigenvalue weighted by Gasteiger charge is 2.24. The first-order valence-electron chi connectivity index (χ1n) is 6.70. The number of imide groups is 1. The van der Waals surface area contributed by atoms with Crippen LogP contribution in [-0.4, -0.2) is 29.8 Å². The Bertz CT molecular complexity index is 386. The van der Waals surface area contributed by atoms with Gasteiger partial charge in [-0.2, -0.15) is 0 Å². The first-order valence-corrected chi connectivity index (χ1v) is 6.70. The second kappa shape index (κ2) is 5.85. The lowest BCUT2D eigenvalue weighted by Crippen LogP contribution is -2.32. The lowest BCUT2D eigenvalue weighted by Gasteiger charge is -2.16. The van der Waals surface area contributed by atoms with E-state index in [0.29, 0.717) is 6.54 Å². The molecule has 4 nitrogen and oxygen atoms in total. The maximum atomic E-state index is 11.4. The van der Waals surface area contributed by atoms with E-state index in [4.69, 9.17) is 0 Å². The molecule has 1 fully saturated rings. The number of carbonyl (C=O) groups excluding carboxylic acids is 2. The van der Waals surface area contributed by atoms with Crippen LogP contribution in [-0.2, 0) is 9.59 Å². The summed E-state index contributed by atoms with van der Waals surface area (Å²) in [5, 5.41) is 3.45. The van der Waals surface area contributed by atoms with Crippen LogP contribution in [0.1, 0.15) is 39.0 Å². The van der Waals surface area contributed by atoms with E-state index in [1.165, 1.54) is 34.7 Å². The fourth-order valence-corrected chi connectivity index (χ4v) is 2.05. The Morgan fingerprint density at radius 3 is 2.50 bits per heavy atom. The van der Waals surface area contributed by atoms with Gasteiger partial charge in [0.05, 0.1) is 0 Å². The van der Waals surface area contributed by atoms with Gasteiger partial charge in [0.1, 0.15) is 0 Å². The Hall–Kier alpha value is -1.58. The van der Waals surface area contributed by atoms with Crippen molar-refractivity contribution in [2.45, 2.75) is 39.0 Å². The second-order valence-corrected chi connectivity index (χ2v) is 4.77. The third-order valence-electron chi connectivity index (χ3n) is 3.28. The molecule has 2 aliphatic rings. The molecule has 1 aliphatic heterocycles. The van der Waals surface area contributed by atoms with E-state index in [-0.39, 0.29) is 11.8 Å². The molecule has 2 amide bonds. The number of nitrogens with one attached hydrogen (secondary N) is 1. The van der Waals surface area contributed by atoms with E-state index in [0.717, 1.165) is 32.2 Å². The van der Waals surface area contributed by atoms with Crippen LogP contribution in [0.2, 0.25) is 0 Å². The smallest absolute Gasteiger partial charge is 0.253 e. The number of hydrogen-bond acceptors (Lipinski definition) is 3. The molecule has 4 heteroatoms. The van der Waals surface area contributed by atoms with Crippen molar-refractivity contribution in [3.63, 3.8) is 0 Å². The van der Waals surface area contributed by atoms with E-state index >= 15 is 0 Å². The quantitative estimate of drug-likeness (QED) is 0.551. The lowest BCUT2D eigenvalue weighted by molar-refractivity contribution is -0.136. The second-order valence-electron chi connectivity index (χ2n) is 4.77. The number of amides is 2. The van der Waals surface area contributed by atoms with Gasteiger partial charge in [-0.05, 0) is 19.3 Å². The van der Waals surface area contributed by atoms with Gasteiger partial charge in [0.2, 0.25) is 0 Å². The normalized spacial score (nSPS) is 17.6. The van der Waals surface area contributed by atoms with E-state index in [1.54, 1.807) is 0 Å². The Balaban J connectivity index is 1.82. The third-order valence-corrected chi connectivity index (χ3v) is 3.28. The van der Waals surface area contributed by atoms with Crippen LogP contribution in [0.5, 0.6) is 0 Å². The van der Waals surface area contributed by atoms with Crippen molar-refractivity contribution >= 4 is 11.8 Å². The van der Waals surface area contributed by atoms with Gasteiger partial charge in [-0.1, -0.05) is 18.9 Å². The van der Waals surface area contributed by atoms with Crippen molar-refractivity contribution in [2.75, 3.05) is 13.1 Å². The van der Waals surface area contributed by atoms with E-state index < -0.39 is 0 Å². The SMILES string of the molecule is CCCCNC(CCN1C(=O)C=CC1=O)=C1CC1. The van der Waals surface area contributed by atoms with Crippen LogP contribution in [0, 0.1) is 0 Å². The average molecular weight is 248 g/mol. The molecule has 2 rings (SSSR count). The zero-order valence-corrected chi connectivity index (χ0v) is 10.9. The van der Waals surface area contributed by atoms with Crippen molar-refractivity contribution in [1.82, 2.24) is 10.2 Å². The number of carbonyl (C=O) groups is 2. The summed E-state index contributed by atoms with van der Waals surface area (Å²) in [6, 6.07) is 0. The number of unbranched alkanes of at least 4 members (excludes halogenated alkanes) is 1.